The Balaban J connectivity index is 1.78. The van der Waals surface area contributed by atoms with Gasteiger partial charge in [0.05, 0.1) is 0 Å². The molecule has 1 amide bonds. The lowest BCUT2D eigenvalue weighted by atomic mass is 10.1. The van der Waals surface area contributed by atoms with Crippen molar-refractivity contribution in [2.45, 2.75) is 19.4 Å². The average Bonchev–Trinajstić information content (AvgIpc) is 2.45. The normalized spacial score (nSPS) is 10.2. The Kier molecular flexibility index (Phi) is 4.93. The van der Waals surface area contributed by atoms with Gasteiger partial charge in [-0.15, -0.1) is 0 Å². The van der Waals surface area contributed by atoms with E-state index >= 15 is 0 Å². The van der Waals surface area contributed by atoms with E-state index in [-0.39, 0.29) is 5.91 Å². The summed E-state index contributed by atoms with van der Waals surface area (Å²) in [5.74, 6) is 0.0174. The van der Waals surface area contributed by atoms with E-state index in [0.29, 0.717) is 24.4 Å². The Morgan fingerprint density at radius 2 is 2.05 bits per heavy atom. The molecule has 4 heteroatoms. The largest absolute Gasteiger partial charge is 0.352 e. The third kappa shape index (κ3) is 4.38. The first-order valence-corrected chi connectivity index (χ1v) is 6.52. The number of hydrogen-bond acceptors (Lipinski definition) is 2. The fourth-order valence-corrected chi connectivity index (χ4v) is 1.93. The lowest BCUT2D eigenvalue weighted by Crippen LogP contribution is -2.23. The minimum atomic E-state index is 0.0174. The van der Waals surface area contributed by atoms with E-state index in [1.807, 2.05) is 36.4 Å². The Hall–Kier alpha value is -1.87. The predicted octanol–water partition coefficient (Wildman–Crippen LogP) is 2.98. The summed E-state index contributed by atoms with van der Waals surface area (Å²) in [5, 5.41) is 3.54. The van der Waals surface area contributed by atoms with E-state index in [0.717, 1.165) is 11.1 Å². The Morgan fingerprint density at radius 3 is 2.79 bits per heavy atom. The van der Waals surface area contributed by atoms with Gasteiger partial charge < -0.3 is 5.32 Å². The van der Waals surface area contributed by atoms with Crippen molar-refractivity contribution in [1.82, 2.24) is 10.3 Å². The second-order valence-corrected chi connectivity index (χ2v) is 4.64. The van der Waals surface area contributed by atoms with Crippen molar-refractivity contribution in [3.63, 3.8) is 0 Å². The summed E-state index contributed by atoms with van der Waals surface area (Å²) in [6.07, 6.45) is 4.65. The van der Waals surface area contributed by atoms with Crippen LogP contribution < -0.4 is 5.32 Å². The molecule has 0 saturated heterocycles. The van der Waals surface area contributed by atoms with Crippen LogP contribution in [0.2, 0.25) is 5.02 Å². The van der Waals surface area contributed by atoms with Gasteiger partial charge in [0, 0.05) is 30.4 Å². The highest BCUT2D eigenvalue weighted by Gasteiger charge is 2.04. The number of rotatable bonds is 5. The number of pyridine rings is 1. The number of aryl methyl sites for hydroxylation is 1. The van der Waals surface area contributed by atoms with E-state index in [1.165, 1.54) is 0 Å². The van der Waals surface area contributed by atoms with E-state index in [1.54, 1.807) is 12.4 Å². The number of nitrogens with one attached hydrogen (secondary N) is 1. The molecule has 0 spiro atoms. The summed E-state index contributed by atoms with van der Waals surface area (Å²) in [5.41, 5.74) is 1.99. The van der Waals surface area contributed by atoms with Crippen molar-refractivity contribution in [2.75, 3.05) is 0 Å². The first-order chi connectivity index (χ1) is 9.25. The summed E-state index contributed by atoms with van der Waals surface area (Å²) in [7, 11) is 0. The topological polar surface area (TPSA) is 42.0 Å². The van der Waals surface area contributed by atoms with Gasteiger partial charge in [-0.25, -0.2) is 0 Å². The third-order valence-electron chi connectivity index (χ3n) is 2.80. The van der Waals surface area contributed by atoms with Crippen molar-refractivity contribution >= 4 is 17.5 Å². The van der Waals surface area contributed by atoms with Crippen molar-refractivity contribution in [3.05, 3.63) is 64.9 Å². The van der Waals surface area contributed by atoms with Gasteiger partial charge in [-0.05, 0) is 29.7 Å². The summed E-state index contributed by atoms with van der Waals surface area (Å²) in [6, 6.07) is 11.3. The third-order valence-corrected chi connectivity index (χ3v) is 3.17. The van der Waals surface area contributed by atoms with E-state index in [2.05, 4.69) is 10.3 Å². The summed E-state index contributed by atoms with van der Waals surface area (Å²) >= 11 is 6.02. The molecule has 0 bridgehead atoms. The van der Waals surface area contributed by atoms with Gasteiger partial charge in [0.15, 0.2) is 0 Å². The zero-order valence-electron chi connectivity index (χ0n) is 10.5. The predicted molar refractivity (Wildman–Crippen MR) is 75.9 cm³/mol. The molecule has 0 saturated carbocycles. The number of benzene rings is 1. The maximum atomic E-state index is 11.7. The molecule has 1 heterocycles. The number of halogens is 1. The molecule has 0 aliphatic carbocycles. The lowest BCUT2D eigenvalue weighted by molar-refractivity contribution is -0.121. The molecule has 1 aromatic carbocycles. The highest BCUT2D eigenvalue weighted by molar-refractivity contribution is 6.31. The van der Waals surface area contributed by atoms with Crippen LogP contribution in [-0.2, 0) is 17.8 Å². The van der Waals surface area contributed by atoms with Crippen LogP contribution in [0.3, 0.4) is 0 Å². The van der Waals surface area contributed by atoms with Crippen LogP contribution in [0.25, 0.3) is 0 Å². The van der Waals surface area contributed by atoms with E-state index < -0.39 is 0 Å². The maximum Gasteiger partial charge on any atom is 0.220 e. The summed E-state index contributed by atoms with van der Waals surface area (Å²) in [6.45, 7) is 0.464. The molecule has 0 unspecified atom stereocenters. The molecule has 3 nitrogen and oxygen atoms in total. The Labute approximate surface area is 117 Å². The monoisotopic (exact) mass is 274 g/mol. The number of amides is 1. The van der Waals surface area contributed by atoms with Crippen LogP contribution in [0.15, 0.2) is 48.8 Å². The van der Waals surface area contributed by atoms with Gasteiger partial charge >= 0.3 is 0 Å². The quantitative estimate of drug-likeness (QED) is 0.911. The minimum Gasteiger partial charge on any atom is -0.352 e. The second-order valence-electron chi connectivity index (χ2n) is 4.23. The first kappa shape index (κ1) is 13.6. The van der Waals surface area contributed by atoms with Gasteiger partial charge in [-0.3, -0.25) is 9.78 Å². The first-order valence-electron chi connectivity index (χ1n) is 6.15. The number of nitrogens with zero attached hydrogens (tertiary/aromatic N) is 1. The van der Waals surface area contributed by atoms with Gasteiger partial charge in [0.2, 0.25) is 5.91 Å². The smallest absolute Gasteiger partial charge is 0.220 e. The van der Waals surface area contributed by atoms with E-state index in [4.69, 9.17) is 11.6 Å². The zero-order chi connectivity index (χ0) is 13.5. The maximum absolute atomic E-state index is 11.7. The molecule has 0 aliphatic heterocycles. The molecule has 19 heavy (non-hydrogen) atoms. The molecular weight excluding hydrogens is 260 g/mol. The molecule has 1 N–H and O–H groups in total. The molecular formula is C15H15ClN2O. The van der Waals surface area contributed by atoms with Crippen LogP contribution >= 0.6 is 11.6 Å². The molecule has 0 fully saturated rings. The van der Waals surface area contributed by atoms with Gasteiger partial charge in [-0.1, -0.05) is 35.9 Å². The standard InChI is InChI=1S/C15H15ClN2O/c16-14-6-2-1-5-13(14)11-18-15(19)8-7-12-4-3-9-17-10-12/h1-6,9-10H,7-8,11H2,(H,18,19). The Bertz CT molecular complexity index is 543. The molecule has 1 aromatic heterocycles. The summed E-state index contributed by atoms with van der Waals surface area (Å²) < 4.78 is 0. The second kappa shape index (κ2) is 6.90. The number of carbonyl (C=O) groups is 1. The zero-order valence-corrected chi connectivity index (χ0v) is 11.2. The van der Waals surface area contributed by atoms with Gasteiger partial charge in [-0.2, -0.15) is 0 Å². The Morgan fingerprint density at radius 1 is 1.21 bits per heavy atom. The highest BCUT2D eigenvalue weighted by Crippen LogP contribution is 2.14. The van der Waals surface area contributed by atoms with Crippen LogP contribution in [0, 0.1) is 0 Å². The molecule has 2 rings (SSSR count). The summed E-state index contributed by atoms with van der Waals surface area (Å²) in [4.78, 5) is 15.7. The van der Waals surface area contributed by atoms with Crippen molar-refractivity contribution in [3.8, 4) is 0 Å². The lowest BCUT2D eigenvalue weighted by Gasteiger charge is -2.06. The molecule has 0 radical (unpaired) electrons. The van der Waals surface area contributed by atoms with Crippen LogP contribution in [0.5, 0.6) is 0 Å². The highest BCUT2D eigenvalue weighted by atomic mass is 35.5. The van der Waals surface area contributed by atoms with E-state index in [9.17, 15) is 4.79 Å². The molecule has 98 valence electrons. The number of carbonyl (C=O) groups excluding carboxylic acids is 1. The van der Waals surface area contributed by atoms with Crippen molar-refractivity contribution < 1.29 is 4.79 Å². The van der Waals surface area contributed by atoms with Crippen LogP contribution in [0.4, 0.5) is 0 Å². The number of hydrogen-bond donors (Lipinski definition) is 1. The van der Waals surface area contributed by atoms with Gasteiger partial charge in [0.1, 0.15) is 0 Å². The SMILES string of the molecule is O=C(CCc1cccnc1)NCc1ccccc1Cl. The van der Waals surface area contributed by atoms with Crippen LogP contribution in [-0.4, -0.2) is 10.9 Å². The number of aromatic nitrogens is 1. The average molecular weight is 275 g/mol. The van der Waals surface area contributed by atoms with Crippen LogP contribution in [0.1, 0.15) is 17.5 Å². The van der Waals surface area contributed by atoms with Crippen molar-refractivity contribution in [1.29, 1.82) is 0 Å². The molecule has 2 aromatic rings. The fourth-order valence-electron chi connectivity index (χ4n) is 1.73. The molecule has 0 atom stereocenters. The minimum absolute atomic E-state index is 0.0174. The van der Waals surface area contributed by atoms with Crippen molar-refractivity contribution in [2.24, 2.45) is 0 Å². The van der Waals surface area contributed by atoms with Gasteiger partial charge in [0.25, 0.3) is 0 Å². The molecule has 0 aliphatic rings. The fraction of sp³-hybridized carbons (Fsp3) is 0.200.